The van der Waals surface area contributed by atoms with E-state index in [0.29, 0.717) is 26.3 Å². The van der Waals surface area contributed by atoms with Gasteiger partial charge in [-0.1, -0.05) is 53.8 Å². The Bertz CT molecular complexity index is 1420. The maximum absolute atomic E-state index is 13.5. The lowest BCUT2D eigenvalue weighted by molar-refractivity contribution is -0.139. The van der Waals surface area contributed by atoms with Crippen LogP contribution in [-0.2, 0) is 14.3 Å². The van der Waals surface area contributed by atoms with Crippen molar-refractivity contribution < 1.29 is 14.3 Å². The number of aromatic nitrogens is 1. The fourth-order valence-electron chi connectivity index (χ4n) is 3.76. The van der Waals surface area contributed by atoms with Crippen molar-refractivity contribution in [1.82, 2.24) is 4.57 Å². The Balaban J connectivity index is 1.85. The molecule has 33 heavy (non-hydrogen) atoms. The Morgan fingerprint density at radius 2 is 1.85 bits per heavy atom. The van der Waals surface area contributed by atoms with Gasteiger partial charge in [-0.25, -0.2) is 9.79 Å². The first-order valence-corrected chi connectivity index (χ1v) is 11.3. The second-order valence-electron chi connectivity index (χ2n) is 7.52. The van der Waals surface area contributed by atoms with Crippen LogP contribution in [-0.4, -0.2) is 23.1 Å². The molecule has 8 heteroatoms. The lowest BCUT2D eigenvalue weighted by Crippen LogP contribution is -2.39. The van der Waals surface area contributed by atoms with Gasteiger partial charge in [-0.15, -0.1) is 0 Å². The fraction of sp³-hybridized carbons (Fsp3) is 0.200. The Kier molecular flexibility index (Phi) is 6.37. The average Bonchev–Trinajstić information content (AvgIpc) is 3.09. The maximum Gasteiger partial charge on any atom is 0.338 e. The summed E-state index contributed by atoms with van der Waals surface area (Å²) in [6, 6.07) is 16.0. The van der Waals surface area contributed by atoms with Crippen LogP contribution < -0.4 is 20.2 Å². The Morgan fingerprint density at radius 1 is 1.15 bits per heavy atom. The van der Waals surface area contributed by atoms with Crippen molar-refractivity contribution in [2.75, 3.05) is 11.9 Å². The van der Waals surface area contributed by atoms with E-state index in [4.69, 9.17) is 4.74 Å². The van der Waals surface area contributed by atoms with Crippen LogP contribution in [0.5, 0.6) is 0 Å². The van der Waals surface area contributed by atoms with Crippen LogP contribution in [0.3, 0.4) is 0 Å². The van der Waals surface area contributed by atoms with Crippen LogP contribution in [0.25, 0.3) is 6.08 Å². The molecule has 1 N–H and O–H groups in total. The number of amides is 1. The normalized spacial score (nSPS) is 15.6. The van der Waals surface area contributed by atoms with Gasteiger partial charge in [0.15, 0.2) is 4.80 Å². The van der Waals surface area contributed by atoms with E-state index >= 15 is 0 Å². The summed E-state index contributed by atoms with van der Waals surface area (Å²) in [6.45, 7) is 5.19. The van der Waals surface area contributed by atoms with E-state index in [1.807, 2.05) is 42.5 Å². The summed E-state index contributed by atoms with van der Waals surface area (Å²) >= 11 is 1.27. The van der Waals surface area contributed by atoms with Crippen LogP contribution in [0.1, 0.15) is 37.9 Å². The summed E-state index contributed by atoms with van der Waals surface area (Å²) in [5.41, 5.74) is 2.97. The SMILES string of the molecule is CCOC(=O)C1=C(C)N=c2s/c(=C\c3ccc(NC(C)=O)cc3)c(=O)n2C1c1ccccc1. The molecule has 3 aromatic rings. The van der Waals surface area contributed by atoms with Gasteiger partial charge < -0.3 is 10.1 Å². The molecule has 1 aliphatic rings. The van der Waals surface area contributed by atoms with Crippen LogP contribution in [0, 0.1) is 0 Å². The van der Waals surface area contributed by atoms with E-state index in [0.717, 1.165) is 11.1 Å². The number of carbonyl (C=O) groups excluding carboxylic acids is 2. The highest BCUT2D eigenvalue weighted by molar-refractivity contribution is 7.07. The lowest BCUT2D eigenvalue weighted by atomic mass is 9.96. The van der Waals surface area contributed by atoms with Crippen molar-refractivity contribution in [1.29, 1.82) is 0 Å². The first kappa shape index (κ1) is 22.4. The monoisotopic (exact) mass is 461 g/mol. The molecule has 0 aliphatic carbocycles. The van der Waals surface area contributed by atoms with Gasteiger partial charge >= 0.3 is 5.97 Å². The highest BCUT2D eigenvalue weighted by Crippen LogP contribution is 2.30. The molecular formula is C25H23N3O4S. The lowest BCUT2D eigenvalue weighted by Gasteiger charge is -2.24. The number of ether oxygens (including phenoxy) is 1. The predicted octanol–water partition coefficient (Wildman–Crippen LogP) is 2.76. The molecule has 0 saturated heterocycles. The van der Waals surface area contributed by atoms with Crippen LogP contribution in [0.4, 0.5) is 5.69 Å². The molecular weight excluding hydrogens is 438 g/mol. The second kappa shape index (κ2) is 9.38. The summed E-state index contributed by atoms with van der Waals surface area (Å²) in [5, 5.41) is 2.72. The Labute approximate surface area is 194 Å². The molecule has 4 rings (SSSR count). The van der Waals surface area contributed by atoms with E-state index in [-0.39, 0.29) is 18.1 Å². The van der Waals surface area contributed by atoms with Gasteiger partial charge in [0.05, 0.1) is 28.5 Å². The number of nitrogens with zero attached hydrogens (tertiary/aromatic N) is 2. The molecule has 2 heterocycles. The van der Waals surface area contributed by atoms with Gasteiger partial charge in [-0.2, -0.15) is 0 Å². The van der Waals surface area contributed by atoms with Gasteiger partial charge in [0.1, 0.15) is 0 Å². The molecule has 7 nitrogen and oxygen atoms in total. The number of nitrogens with one attached hydrogen (secondary N) is 1. The Hall–Kier alpha value is -3.78. The summed E-state index contributed by atoms with van der Waals surface area (Å²) in [4.78, 5) is 42.7. The largest absolute Gasteiger partial charge is 0.463 e. The molecule has 168 valence electrons. The predicted molar refractivity (Wildman–Crippen MR) is 128 cm³/mol. The van der Waals surface area contributed by atoms with Gasteiger partial charge in [0, 0.05) is 12.6 Å². The van der Waals surface area contributed by atoms with Crippen LogP contribution in [0.15, 0.2) is 75.7 Å². The van der Waals surface area contributed by atoms with Crippen LogP contribution >= 0.6 is 11.3 Å². The number of carbonyl (C=O) groups is 2. The Morgan fingerprint density at radius 3 is 2.48 bits per heavy atom. The van der Waals surface area contributed by atoms with E-state index in [1.54, 1.807) is 36.6 Å². The van der Waals surface area contributed by atoms with Crippen LogP contribution in [0.2, 0.25) is 0 Å². The number of allylic oxidation sites excluding steroid dienone is 1. The van der Waals surface area contributed by atoms with Crippen molar-refractivity contribution in [3.63, 3.8) is 0 Å². The highest BCUT2D eigenvalue weighted by atomic mass is 32.1. The van der Waals surface area contributed by atoms with Gasteiger partial charge in [-0.3, -0.25) is 14.2 Å². The first-order chi connectivity index (χ1) is 15.9. The number of fused-ring (bicyclic) bond motifs is 1. The number of thiazole rings is 1. The van der Waals surface area contributed by atoms with E-state index in [1.165, 1.54) is 18.3 Å². The number of esters is 1. The second-order valence-corrected chi connectivity index (χ2v) is 8.53. The van der Waals surface area contributed by atoms with E-state index in [2.05, 4.69) is 10.3 Å². The number of rotatable bonds is 5. The molecule has 1 aromatic heterocycles. The molecule has 1 aliphatic heterocycles. The summed E-state index contributed by atoms with van der Waals surface area (Å²) in [7, 11) is 0. The summed E-state index contributed by atoms with van der Waals surface area (Å²) < 4.78 is 7.36. The zero-order chi connectivity index (χ0) is 23.5. The highest BCUT2D eigenvalue weighted by Gasteiger charge is 2.33. The maximum atomic E-state index is 13.5. The third-order valence-corrected chi connectivity index (χ3v) is 6.14. The third kappa shape index (κ3) is 4.56. The number of benzene rings is 2. The van der Waals surface area contributed by atoms with Crippen molar-refractivity contribution in [2.24, 2.45) is 4.99 Å². The minimum absolute atomic E-state index is 0.148. The fourth-order valence-corrected chi connectivity index (χ4v) is 4.81. The smallest absolute Gasteiger partial charge is 0.338 e. The molecule has 0 fully saturated rings. The number of anilines is 1. The number of hydrogen-bond acceptors (Lipinski definition) is 6. The molecule has 2 aromatic carbocycles. The molecule has 0 saturated carbocycles. The van der Waals surface area contributed by atoms with Crippen molar-refractivity contribution in [2.45, 2.75) is 26.8 Å². The summed E-state index contributed by atoms with van der Waals surface area (Å²) in [6.07, 6.45) is 1.78. The van der Waals surface area contributed by atoms with E-state index < -0.39 is 12.0 Å². The quantitative estimate of drug-likeness (QED) is 0.592. The molecule has 1 unspecified atom stereocenters. The van der Waals surface area contributed by atoms with Crippen molar-refractivity contribution >= 4 is 35.0 Å². The molecule has 0 radical (unpaired) electrons. The molecule has 1 atom stereocenters. The standard InChI is InChI=1S/C25H23N3O4S/c1-4-32-24(31)21-15(2)26-25-28(22(21)18-8-6-5-7-9-18)23(30)20(33-25)14-17-10-12-19(13-11-17)27-16(3)29/h5-14,22H,4H2,1-3H3,(H,27,29)/b20-14-. The summed E-state index contributed by atoms with van der Waals surface area (Å²) in [5.74, 6) is -0.625. The third-order valence-electron chi connectivity index (χ3n) is 5.16. The van der Waals surface area contributed by atoms with Gasteiger partial charge in [0.2, 0.25) is 5.91 Å². The zero-order valence-electron chi connectivity index (χ0n) is 18.5. The number of hydrogen-bond donors (Lipinski definition) is 1. The minimum atomic E-state index is -0.620. The molecule has 1 amide bonds. The molecule has 0 bridgehead atoms. The topological polar surface area (TPSA) is 89.8 Å². The first-order valence-electron chi connectivity index (χ1n) is 10.5. The zero-order valence-corrected chi connectivity index (χ0v) is 19.3. The average molecular weight is 462 g/mol. The van der Waals surface area contributed by atoms with Crippen molar-refractivity contribution in [3.05, 3.63) is 96.7 Å². The van der Waals surface area contributed by atoms with Crippen molar-refractivity contribution in [3.8, 4) is 0 Å². The minimum Gasteiger partial charge on any atom is -0.463 e. The van der Waals surface area contributed by atoms with Gasteiger partial charge in [-0.05, 0) is 43.2 Å². The molecule has 0 spiro atoms. The van der Waals surface area contributed by atoms with Gasteiger partial charge in [0.25, 0.3) is 5.56 Å². The van der Waals surface area contributed by atoms with E-state index in [9.17, 15) is 14.4 Å².